The molecule has 1 aliphatic rings. The van der Waals surface area contributed by atoms with Gasteiger partial charge in [0.2, 0.25) is 5.91 Å². The molecule has 0 bridgehead atoms. The van der Waals surface area contributed by atoms with Crippen LogP contribution in [0.1, 0.15) is 12.6 Å². The summed E-state index contributed by atoms with van der Waals surface area (Å²) in [7, 11) is 0. The van der Waals surface area contributed by atoms with Crippen molar-refractivity contribution in [2.24, 2.45) is 0 Å². The maximum Gasteiger partial charge on any atom is 0.248 e. The van der Waals surface area contributed by atoms with Crippen LogP contribution in [0, 0.1) is 0 Å². The first-order valence-corrected chi connectivity index (χ1v) is 7.77. The average Bonchev–Trinajstić information content (AvgIpc) is 2.95. The molecular formula is C16H22N4O2. The highest BCUT2D eigenvalue weighted by molar-refractivity contribution is 5.77. The highest BCUT2D eigenvalue weighted by Crippen LogP contribution is 2.10. The number of piperazine rings is 1. The van der Waals surface area contributed by atoms with Gasteiger partial charge in [0.25, 0.3) is 0 Å². The quantitative estimate of drug-likeness (QED) is 0.827. The summed E-state index contributed by atoms with van der Waals surface area (Å²) in [5.41, 5.74) is 2.04. The van der Waals surface area contributed by atoms with Gasteiger partial charge in [0.15, 0.2) is 0 Å². The van der Waals surface area contributed by atoms with Crippen molar-refractivity contribution in [2.45, 2.75) is 13.5 Å². The van der Waals surface area contributed by atoms with E-state index < -0.39 is 0 Å². The lowest BCUT2D eigenvalue weighted by molar-refractivity contribution is -0.137. The third-order valence-corrected chi connectivity index (χ3v) is 3.95. The first-order chi connectivity index (χ1) is 10.8. The van der Waals surface area contributed by atoms with Crippen molar-refractivity contribution in [3.63, 3.8) is 0 Å². The number of carbonyl (C=O) groups is 1. The predicted molar refractivity (Wildman–Crippen MR) is 83.5 cm³/mol. The molecule has 0 spiro atoms. The lowest BCUT2D eigenvalue weighted by atomic mass is 10.3. The minimum atomic E-state index is 0.0919. The van der Waals surface area contributed by atoms with Crippen molar-refractivity contribution in [3.8, 4) is 0 Å². The highest BCUT2D eigenvalue weighted by Gasteiger charge is 2.21. The fourth-order valence-electron chi connectivity index (χ4n) is 2.73. The number of hydrogen-bond acceptors (Lipinski definition) is 4. The number of rotatable bonds is 5. The van der Waals surface area contributed by atoms with Crippen LogP contribution in [-0.2, 0) is 16.1 Å². The Balaban J connectivity index is 1.52. The van der Waals surface area contributed by atoms with E-state index in [-0.39, 0.29) is 12.5 Å². The summed E-state index contributed by atoms with van der Waals surface area (Å²) in [6.45, 7) is 6.80. The van der Waals surface area contributed by atoms with Gasteiger partial charge in [-0.05, 0) is 19.1 Å². The van der Waals surface area contributed by atoms with Crippen molar-refractivity contribution in [3.05, 3.63) is 36.3 Å². The van der Waals surface area contributed by atoms with Crippen molar-refractivity contribution in [1.29, 1.82) is 0 Å². The number of amides is 1. The summed E-state index contributed by atoms with van der Waals surface area (Å²) in [4.78, 5) is 20.8. The van der Waals surface area contributed by atoms with Crippen molar-refractivity contribution < 1.29 is 9.53 Å². The Kier molecular flexibility index (Phi) is 4.70. The molecule has 2 aromatic rings. The molecule has 6 nitrogen and oxygen atoms in total. The maximum atomic E-state index is 11.9. The van der Waals surface area contributed by atoms with Gasteiger partial charge < -0.3 is 14.0 Å². The molecule has 1 saturated heterocycles. The van der Waals surface area contributed by atoms with Gasteiger partial charge in [0.1, 0.15) is 12.3 Å². The molecule has 0 N–H and O–H groups in total. The van der Waals surface area contributed by atoms with Crippen LogP contribution in [0.4, 0.5) is 0 Å². The molecule has 22 heavy (non-hydrogen) atoms. The highest BCUT2D eigenvalue weighted by atomic mass is 16.5. The van der Waals surface area contributed by atoms with E-state index in [4.69, 9.17) is 4.74 Å². The van der Waals surface area contributed by atoms with Crippen LogP contribution >= 0.6 is 0 Å². The van der Waals surface area contributed by atoms with E-state index in [9.17, 15) is 4.79 Å². The molecule has 0 saturated carbocycles. The van der Waals surface area contributed by atoms with Crippen molar-refractivity contribution >= 4 is 11.6 Å². The second kappa shape index (κ2) is 6.89. The number of carbonyl (C=O) groups excluding carboxylic acids is 1. The molecular weight excluding hydrogens is 280 g/mol. The topological polar surface area (TPSA) is 50.1 Å². The van der Waals surface area contributed by atoms with Crippen LogP contribution in [0.15, 0.2) is 30.6 Å². The van der Waals surface area contributed by atoms with Crippen LogP contribution in [0.25, 0.3) is 5.65 Å². The van der Waals surface area contributed by atoms with Gasteiger partial charge in [-0.25, -0.2) is 4.98 Å². The second-order valence-electron chi connectivity index (χ2n) is 5.49. The predicted octanol–water partition coefficient (Wildman–Crippen LogP) is 1.01. The fraction of sp³-hybridized carbons (Fsp3) is 0.500. The summed E-state index contributed by atoms with van der Waals surface area (Å²) in [6.07, 6.45) is 4.08. The lowest BCUT2D eigenvalue weighted by Crippen LogP contribution is -2.49. The Morgan fingerprint density at radius 2 is 2.09 bits per heavy atom. The molecule has 1 amide bonds. The van der Waals surface area contributed by atoms with Gasteiger partial charge in [-0.1, -0.05) is 6.07 Å². The fourth-order valence-corrected chi connectivity index (χ4v) is 2.73. The van der Waals surface area contributed by atoms with Gasteiger partial charge in [-0.3, -0.25) is 9.69 Å². The zero-order chi connectivity index (χ0) is 15.4. The number of hydrogen-bond donors (Lipinski definition) is 0. The Morgan fingerprint density at radius 1 is 1.27 bits per heavy atom. The van der Waals surface area contributed by atoms with Crippen LogP contribution in [0.5, 0.6) is 0 Å². The molecule has 3 rings (SSSR count). The van der Waals surface area contributed by atoms with E-state index in [1.54, 1.807) is 0 Å². The number of aromatic nitrogens is 2. The summed E-state index contributed by atoms with van der Waals surface area (Å²) in [5, 5.41) is 0. The Morgan fingerprint density at radius 3 is 2.82 bits per heavy atom. The number of nitrogens with zero attached hydrogens (tertiary/aromatic N) is 4. The minimum Gasteiger partial charge on any atom is -0.372 e. The average molecular weight is 302 g/mol. The molecule has 2 aromatic heterocycles. The molecule has 118 valence electrons. The van der Waals surface area contributed by atoms with E-state index in [2.05, 4.69) is 16.1 Å². The lowest BCUT2D eigenvalue weighted by Gasteiger charge is -2.34. The Bertz CT molecular complexity index is 599. The SMILES string of the molecule is CCOCC(=O)N1CCN(Cc2cn3ccccc3n2)CC1. The smallest absolute Gasteiger partial charge is 0.248 e. The van der Waals surface area contributed by atoms with Gasteiger partial charge in [-0.15, -0.1) is 0 Å². The zero-order valence-electron chi connectivity index (χ0n) is 12.9. The molecule has 0 radical (unpaired) electrons. The van der Waals surface area contributed by atoms with E-state index in [1.165, 1.54) is 0 Å². The molecule has 0 aliphatic carbocycles. The summed E-state index contributed by atoms with van der Waals surface area (Å²) >= 11 is 0. The summed E-state index contributed by atoms with van der Waals surface area (Å²) in [6, 6.07) is 6.00. The summed E-state index contributed by atoms with van der Waals surface area (Å²) in [5.74, 6) is 0.0919. The van der Waals surface area contributed by atoms with Crippen molar-refractivity contribution in [1.82, 2.24) is 19.2 Å². The molecule has 0 aromatic carbocycles. The minimum absolute atomic E-state index is 0.0919. The van der Waals surface area contributed by atoms with Gasteiger partial charge in [-0.2, -0.15) is 0 Å². The standard InChI is InChI=1S/C16H22N4O2/c1-2-22-13-16(21)19-9-7-18(8-10-19)11-14-12-20-6-4-3-5-15(20)17-14/h3-6,12H,2,7-11,13H2,1H3. The second-order valence-corrected chi connectivity index (χ2v) is 5.49. The normalized spacial score (nSPS) is 16.3. The van der Waals surface area contributed by atoms with Crippen molar-refractivity contribution in [2.75, 3.05) is 39.4 Å². The molecule has 6 heteroatoms. The Hall–Kier alpha value is -1.92. The third-order valence-electron chi connectivity index (χ3n) is 3.95. The molecule has 3 heterocycles. The monoisotopic (exact) mass is 302 g/mol. The van der Waals surface area contributed by atoms with E-state index in [1.807, 2.05) is 40.6 Å². The van der Waals surface area contributed by atoms with Gasteiger partial charge in [0.05, 0.1) is 5.69 Å². The molecule has 1 fully saturated rings. The van der Waals surface area contributed by atoms with Crippen LogP contribution in [0.3, 0.4) is 0 Å². The van der Waals surface area contributed by atoms with E-state index >= 15 is 0 Å². The molecule has 0 atom stereocenters. The van der Waals surface area contributed by atoms with Gasteiger partial charge >= 0.3 is 0 Å². The molecule has 1 aliphatic heterocycles. The van der Waals surface area contributed by atoms with Gasteiger partial charge in [0, 0.05) is 51.7 Å². The molecule has 0 unspecified atom stereocenters. The van der Waals surface area contributed by atoms with Crippen LogP contribution in [0.2, 0.25) is 0 Å². The van der Waals surface area contributed by atoms with E-state index in [0.29, 0.717) is 6.61 Å². The number of ether oxygens (including phenoxy) is 1. The number of fused-ring (bicyclic) bond motifs is 1. The first kappa shape index (κ1) is 15.0. The number of imidazole rings is 1. The van der Waals surface area contributed by atoms with Crippen LogP contribution in [-0.4, -0.2) is 64.5 Å². The zero-order valence-corrected chi connectivity index (χ0v) is 12.9. The first-order valence-electron chi connectivity index (χ1n) is 7.77. The maximum absolute atomic E-state index is 11.9. The Labute approximate surface area is 130 Å². The summed E-state index contributed by atoms with van der Waals surface area (Å²) < 4.78 is 7.23. The van der Waals surface area contributed by atoms with Crippen LogP contribution < -0.4 is 0 Å². The van der Waals surface area contributed by atoms with E-state index in [0.717, 1.165) is 44.1 Å². The largest absolute Gasteiger partial charge is 0.372 e. The number of pyridine rings is 1. The third kappa shape index (κ3) is 3.45.